The SMILES string of the molecule is CCn1cc(C2(N)CCCC(C)(C)C2)cn1. The molecule has 1 unspecified atom stereocenters. The molecule has 1 aliphatic rings. The normalized spacial score (nSPS) is 29.2. The van der Waals surface area contributed by atoms with Crippen LogP contribution in [0.3, 0.4) is 0 Å². The van der Waals surface area contributed by atoms with Gasteiger partial charge in [-0.15, -0.1) is 0 Å². The van der Waals surface area contributed by atoms with E-state index in [4.69, 9.17) is 5.73 Å². The van der Waals surface area contributed by atoms with Crippen molar-refractivity contribution in [2.45, 2.75) is 58.5 Å². The van der Waals surface area contributed by atoms with E-state index in [1.54, 1.807) is 0 Å². The Bertz CT molecular complexity index is 367. The number of aryl methyl sites for hydroxylation is 1. The van der Waals surface area contributed by atoms with E-state index in [2.05, 4.69) is 32.1 Å². The third kappa shape index (κ3) is 2.14. The number of rotatable bonds is 2. The standard InChI is InChI=1S/C13H23N3/c1-4-16-9-11(8-15-16)13(14)7-5-6-12(2,3)10-13/h8-9H,4-7,10,14H2,1-3H3. The van der Waals surface area contributed by atoms with Gasteiger partial charge in [0.15, 0.2) is 0 Å². The van der Waals surface area contributed by atoms with Gasteiger partial charge < -0.3 is 5.73 Å². The van der Waals surface area contributed by atoms with Crippen LogP contribution in [-0.4, -0.2) is 9.78 Å². The first-order valence-corrected chi connectivity index (χ1v) is 6.27. The summed E-state index contributed by atoms with van der Waals surface area (Å²) in [7, 11) is 0. The number of aromatic nitrogens is 2. The first-order valence-electron chi connectivity index (χ1n) is 6.27. The minimum atomic E-state index is -0.158. The predicted molar refractivity (Wildman–Crippen MR) is 66.0 cm³/mol. The van der Waals surface area contributed by atoms with Gasteiger partial charge in [-0.1, -0.05) is 20.3 Å². The van der Waals surface area contributed by atoms with Gasteiger partial charge in [0.25, 0.3) is 0 Å². The molecule has 16 heavy (non-hydrogen) atoms. The van der Waals surface area contributed by atoms with E-state index in [0.29, 0.717) is 5.41 Å². The average molecular weight is 221 g/mol. The lowest BCUT2D eigenvalue weighted by Gasteiger charge is -2.42. The highest BCUT2D eigenvalue weighted by Crippen LogP contribution is 2.44. The zero-order chi connectivity index (χ0) is 11.8. The van der Waals surface area contributed by atoms with Gasteiger partial charge >= 0.3 is 0 Å². The summed E-state index contributed by atoms with van der Waals surface area (Å²) in [5.74, 6) is 0. The molecule has 2 rings (SSSR count). The molecule has 0 aromatic carbocycles. The van der Waals surface area contributed by atoms with Gasteiger partial charge in [-0.05, 0) is 31.6 Å². The summed E-state index contributed by atoms with van der Waals surface area (Å²) in [5.41, 5.74) is 7.99. The topological polar surface area (TPSA) is 43.8 Å². The van der Waals surface area contributed by atoms with Crippen LogP contribution in [0.5, 0.6) is 0 Å². The molecule has 0 aliphatic heterocycles. The van der Waals surface area contributed by atoms with E-state index in [1.165, 1.54) is 18.4 Å². The quantitative estimate of drug-likeness (QED) is 0.834. The second-order valence-corrected chi connectivity index (χ2v) is 5.94. The average Bonchev–Trinajstić information content (AvgIpc) is 2.64. The lowest BCUT2D eigenvalue weighted by atomic mass is 9.66. The van der Waals surface area contributed by atoms with Crippen molar-refractivity contribution in [3.8, 4) is 0 Å². The van der Waals surface area contributed by atoms with Gasteiger partial charge in [0, 0.05) is 23.8 Å². The number of hydrogen-bond donors (Lipinski definition) is 1. The summed E-state index contributed by atoms with van der Waals surface area (Å²) in [4.78, 5) is 0. The summed E-state index contributed by atoms with van der Waals surface area (Å²) in [6, 6.07) is 0. The fourth-order valence-electron chi connectivity index (χ4n) is 2.95. The van der Waals surface area contributed by atoms with Crippen LogP contribution in [0.25, 0.3) is 0 Å². The maximum absolute atomic E-state index is 6.57. The zero-order valence-electron chi connectivity index (χ0n) is 10.7. The molecular formula is C13H23N3. The van der Waals surface area contributed by atoms with Crippen LogP contribution < -0.4 is 5.73 Å². The second-order valence-electron chi connectivity index (χ2n) is 5.94. The van der Waals surface area contributed by atoms with Crippen LogP contribution >= 0.6 is 0 Å². The summed E-state index contributed by atoms with van der Waals surface area (Å²) < 4.78 is 1.96. The summed E-state index contributed by atoms with van der Waals surface area (Å²) in [6.45, 7) is 7.65. The molecule has 1 aromatic heterocycles. The molecule has 90 valence electrons. The van der Waals surface area contributed by atoms with Crippen LogP contribution in [0.4, 0.5) is 0 Å². The maximum Gasteiger partial charge on any atom is 0.0540 e. The number of nitrogens with two attached hydrogens (primary N) is 1. The Kier molecular flexibility index (Phi) is 2.82. The monoisotopic (exact) mass is 221 g/mol. The second kappa shape index (κ2) is 3.88. The Balaban J connectivity index is 2.24. The molecule has 0 saturated heterocycles. The zero-order valence-corrected chi connectivity index (χ0v) is 10.7. The lowest BCUT2D eigenvalue weighted by molar-refractivity contribution is 0.151. The molecule has 1 heterocycles. The van der Waals surface area contributed by atoms with Crippen LogP contribution in [0.1, 0.15) is 52.0 Å². The van der Waals surface area contributed by atoms with Crippen LogP contribution in [0, 0.1) is 5.41 Å². The first kappa shape index (κ1) is 11.6. The first-order chi connectivity index (χ1) is 7.45. The van der Waals surface area contributed by atoms with Gasteiger partial charge in [-0.25, -0.2) is 0 Å². The van der Waals surface area contributed by atoms with E-state index >= 15 is 0 Å². The largest absolute Gasteiger partial charge is 0.321 e. The van der Waals surface area contributed by atoms with Gasteiger partial charge in [0.2, 0.25) is 0 Å². The Morgan fingerprint density at radius 1 is 1.44 bits per heavy atom. The van der Waals surface area contributed by atoms with E-state index in [-0.39, 0.29) is 5.54 Å². The highest BCUT2D eigenvalue weighted by molar-refractivity contribution is 5.19. The van der Waals surface area contributed by atoms with Crippen molar-refractivity contribution in [1.29, 1.82) is 0 Å². The number of hydrogen-bond acceptors (Lipinski definition) is 2. The van der Waals surface area contributed by atoms with E-state index in [0.717, 1.165) is 19.4 Å². The fourth-order valence-corrected chi connectivity index (χ4v) is 2.95. The molecule has 1 atom stereocenters. The fraction of sp³-hybridized carbons (Fsp3) is 0.769. The Labute approximate surface area is 98.0 Å². The summed E-state index contributed by atoms with van der Waals surface area (Å²) in [5, 5.41) is 4.34. The molecule has 2 N–H and O–H groups in total. The molecule has 0 bridgehead atoms. The highest BCUT2D eigenvalue weighted by atomic mass is 15.3. The van der Waals surface area contributed by atoms with Gasteiger partial charge in [-0.3, -0.25) is 4.68 Å². The van der Waals surface area contributed by atoms with Crippen molar-refractivity contribution in [2.24, 2.45) is 11.1 Å². The molecule has 0 spiro atoms. The van der Waals surface area contributed by atoms with Gasteiger partial charge in [0.05, 0.1) is 6.20 Å². The third-order valence-electron chi connectivity index (χ3n) is 3.80. The number of nitrogens with zero attached hydrogens (tertiary/aromatic N) is 2. The van der Waals surface area contributed by atoms with Crippen molar-refractivity contribution in [3.63, 3.8) is 0 Å². The Morgan fingerprint density at radius 2 is 2.19 bits per heavy atom. The molecule has 3 heteroatoms. The molecule has 1 aliphatic carbocycles. The van der Waals surface area contributed by atoms with Crippen molar-refractivity contribution in [3.05, 3.63) is 18.0 Å². The predicted octanol–water partition coefficient (Wildman–Crippen LogP) is 2.66. The minimum absolute atomic E-state index is 0.158. The van der Waals surface area contributed by atoms with Gasteiger partial charge in [0.1, 0.15) is 0 Å². The molecule has 1 fully saturated rings. The molecular weight excluding hydrogens is 198 g/mol. The van der Waals surface area contributed by atoms with Crippen molar-refractivity contribution >= 4 is 0 Å². The van der Waals surface area contributed by atoms with E-state index < -0.39 is 0 Å². The van der Waals surface area contributed by atoms with Crippen LogP contribution in [0.2, 0.25) is 0 Å². The highest BCUT2D eigenvalue weighted by Gasteiger charge is 2.38. The van der Waals surface area contributed by atoms with Crippen LogP contribution in [0.15, 0.2) is 12.4 Å². The lowest BCUT2D eigenvalue weighted by Crippen LogP contribution is -2.43. The molecule has 1 saturated carbocycles. The molecule has 0 radical (unpaired) electrons. The summed E-state index contributed by atoms with van der Waals surface area (Å²) in [6.07, 6.45) is 8.72. The maximum atomic E-state index is 6.57. The molecule has 3 nitrogen and oxygen atoms in total. The van der Waals surface area contributed by atoms with Gasteiger partial charge in [-0.2, -0.15) is 5.10 Å². The van der Waals surface area contributed by atoms with E-state index in [1.807, 2.05) is 10.9 Å². The van der Waals surface area contributed by atoms with Crippen molar-refractivity contribution in [2.75, 3.05) is 0 Å². The minimum Gasteiger partial charge on any atom is -0.321 e. The third-order valence-corrected chi connectivity index (χ3v) is 3.80. The summed E-state index contributed by atoms with van der Waals surface area (Å²) >= 11 is 0. The van der Waals surface area contributed by atoms with Crippen molar-refractivity contribution in [1.82, 2.24) is 9.78 Å². The Morgan fingerprint density at radius 3 is 2.75 bits per heavy atom. The molecule has 1 aromatic rings. The van der Waals surface area contributed by atoms with Crippen molar-refractivity contribution < 1.29 is 0 Å². The smallest absolute Gasteiger partial charge is 0.0540 e. The van der Waals surface area contributed by atoms with E-state index in [9.17, 15) is 0 Å². The Hall–Kier alpha value is -0.830. The van der Waals surface area contributed by atoms with Crippen LogP contribution in [-0.2, 0) is 12.1 Å². The molecule has 0 amide bonds.